The molecule has 2 saturated heterocycles. The molecule has 0 bridgehead atoms. The van der Waals surface area contributed by atoms with Gasteiger partial charge in [0.25, 0.3) is 5.91 Å². The molecule has 3 aliphatic rings. The summed E-state index contributed by atoms with van der Waals surface area (Å²) < 4.78 is 0.587. The summed E-state index contributed by atoms with van der Waals surface area (Å²) in [7, 11) is 4.24. The number of hydrogen-bond acceptors (Lipinski definition) is 5. The molecule has 2 aliphatic heterocycles. The van der Waals surface area contributed by atoms with Crippen LogP contribution >= 0.6 is 22.9 Å². The van der Waals surface area contributed by atoms with Gasteiger partial charge in [0, 0.05) is 12.2 Å². The Morgan fingerprint density at radius 2 is 1.97 bits per heavy atom. The van der Waals surface area contributed by atoms with Gasteiger partial charge < -0.3 is 10.2 Å². The van der Waals surface area contributed by atoms with Gasteiger partial charge in [0.2, 0.25) is 5.91 Å². The molecule has 5 rings (SSSR count). The molecule has 32 heavy (non-hydrogen) atoms. The molecule has 1 aromatic heterocycles. The highest BCUT2D eigenvalue weighted by Crippen LogP contribution is 2.51. The van der Waals surface area contributed by atoms with Crippen LogP contribution in [0.4, 0.5) is 5.69 Å². The number of carbonyl (C=O) groups excluding carboxylic acids is 2. The fraction of sp³-hybridized carbons (Fsp3) is 0.500. The van der Waals surface area contributed by atoms with E-state index in [2.05, 4.69) is 53.5 Å². The number of amides is 2. The molecule has 0 spiro atoms. The first-order chi connectivity index (χ1) is 15.4. The summed E-state index contributed by atoms with van der Waals surface area (Å²) in [6.45, 7) is 2.47. The van der Waals surface area contributed by atoms with Crippen LogP contribution in [0.15, 0.2) is 36.4 Å². The number of carbonyl (C=O) groups is 2. The summed E-state index contributed by atoms with van der Waals surface area (Å²) >= 11 is 7.22. The zero-order chi connectivity index (χ0) is 22.5. The van der Waals surface area contributed by atoms with Crippen LogP contribution in [-0.2, 0) is 10.2 Å². The predicted molar refractivity (Wildman–Crippen MR) is 129 cm³/mol. The Bertz CT molecular complexity index is 1020. The second-order valence-corrected chi connectivity index (χ2v) is 11.2. The molecular weight excluding hydrogens is 444 g/mol. The van der Waals surface area contributed by atoms with Crippen molar-refractivity contribution in [1.29, 1.82) is 0 Å². The van der Waals surface area contributed by atoms with Crippen molar-refractivity contribution in [2.45, 2.75) is 43.2 Å². The van der Waals surface area contributed by atoms with Gasteiger partial charge in [-0.1, -0.05) is 23.7 Å². The maximum absolute atomic E-state index is 13.3. The minimum atomic E-state index is -0.302. The lowest BCUT2D eigenvalue weighted by atomic mass is 9.92. The normalized spacial score (nSPS) is 24.2. The molecule has 3 heterocycles. The van der Waals surface area contributed by atoms with E-state index in [0.717, 1.165) is 25.2 Å². The van der Waals surface area contributed by atoms with E-state index in [4.69, 9.17) is 11.6 Å². The topological polar surface area (TPSA) is 55.9 Å². The molecule has 6 nitrogen and oxygen atoms in total. The van der Waals surface area contributed by atoms with Crippen LogP contribution < -0.4 is 10.2 Å². The van der Waals surface area contributed by atoms with E-state index >= 15 is 0 Å². The molecule has 2 amide bonds. The third kappa shape index (κ3) is 4.07. The second-order valence-electron chi connectivity index (χ2n) is 9.52. The Morgan fingerprint density at radius 1 is 1.22 bits per heavy atom. The van der Waals surface area contributed by atoms with Crippen molar-refractivity contribution in [1.82, 2.24) is 15.1 Å². The average Bonchev–Trinajstić information content (AvgIpc) is 3.08. The zero-order valence-corrected chi connectivity index (χ0v) is 20.1. The van der Waals surface area contributed by atoms with Crippen LogP contribution in [0.1, 0.15) is 40.9 Å². The standard InChI is InChI=1S/C24H29ClN4O2S/c1-27(2)14-12-24(10-11-24)16-3-5-17(6-4-16)29-15-28-13-9-18(21(28)23(29)31)26-22(30)19-7-8-20(25)32-19/h3-8,18,21H,9-15H2,1-2H3,(H,26,30)/t18-,21+/m1/s1. The van der Waals surface area contributed by atoms with Gasteiger partial charge in [-0.15, -0.1) is 11.3 Å². The monoisotopic (exact) mass is 472 g/mol. The van der Waals surface area contributed by atoms with E-state index in [1.165, 1.54) is 36.2 Å². The van der Waals surface area contributed by atoms with E-state index in [9.17, 15) is 9.59 Å². The molecule has 1 saturated carbocycles. The summed E-state index contributed by atoms with van der Waals surface area (Å²) in [5.74, 6) is -0.0877. The smallest absolute Gasteiger partial charge is 0.261 e. The molecule has 1 N–H and O–H groups in total. The van der Waals surface area contributed by atoms with E-state index < -0.39 is 0 Å². The number of rotatable bonds is 7. The van der Waals surface area contributed by atoms with Crippen molar-refractivity contribution in [3.63, 3.8) is 0 Å². The van der Waals surface area contributed by atoms with Crippen LogP contribution in [-0.4, -0.2) is 67.6 Å². The summed E-state index contributed by atoms with van der Waals surface area (Å²) in [5, 5.41) is 3.06. The molecule has 0 unspecified atom stereocenters. The Hall–Kier alpha value is -1.93. The lowest BCUT2D eigenvalue weighted by Gasteiger charge is -2.22. The van der Waals surface area contributed by atoms with Crippen molar-refractivity contribution < 1.29 is 9.59 Å². The molecule has 1 aliphatic carbocycles. The van der Waals surface area contributed by atoms with Crippen molar-refractivity contribution in [2.75, 3.05) is 38.8 Å². The summed E-state index contributed by atoms with van der Waals surface area (Å²) in [6.07, 6.45) is 4.45. The van der Waals surface area contributed by atoms with Gasteiger partial charge >= 0.3 is 0 Å². The molecule has 1 aromatic carbocycles. The van der Waals surface area contributed by atoms with Crippen LogP contribution in [0.5, 0.6) is 0 Å². The van der Waals surface area contributed by atoms with Gasteiger partial charge in [-0.25, -0.2) is 0 Å². The van der Waals surface area contributed by atoms with Crippen molar-refractivity contribution >= 4 is 40.4 Å². The number of thiophene rings is 1. The molecule has 170 valence electrons. The minimum Gasteiger partial charge on any atom is -0.346 e. The number of nitrogens with zero attached hydrogens (tertiary/aromatic N) is 3. The third-order valence-corrected chi connectivity index (χ3v) is 8.37. The van der Waals surface area contributed by atoms with Crippen LogP contribution in [0, 0.1) is 0 Å². The highest BCUT2D eigenvalue weighted by molar-refractivity contribution is 7.18. The Kier molecular flexibility index (Phi) is 5.78. The van der Waals surface area contributed by atoms with Crippen molar-refractivity contribution in [2.24, 2.45) is 0 Å². The average molecular weight is 473 g/mol. The quantitative estimate of drug-likeness (QED) is 0.669. The van der Waals surface area contributed by atoms with E-state index in [1.54, 1.807) is 12.1 Å². The third-order valence-electron chi connectivity index (χ3n) is 7.14. The zero-order valence-electron chi connectivity index (χ0n) is 18.5. The minimum absolute atomic E-state index is 0.0681. The van der Waals surface area contributed by atoms with Crippen molar-refractivity contribution in [3.8, 4) is 0 Å². The van der Waals surface area contributed by atoms with Gasteiger partial charge in [-0.2, -0.15) is 0 Å². The predicted octanol–water partition coefficient (Wildman–Crippen LogP) is 3.56. The summed E-state index contributed by atoms with van der Waals surface area (Å²) in [5.41, 5.74) is 2.64. The van der Waals surface area contributed by atoms with Gasteiger partial charge in [-0.3, -0.25) is 19.4 Å². The van der Waals surface area contributed by atoms with Gasteiger partial charge in [0.1, 0.15) is 6.04 Å². The molecule has 3 fully saturated rings. The number of hydrogen-bond donors (Lipinski definition) is 1. The van der Waals surface area contributed by atoms with Crippen LogP contribution in [0.25, 0.3) is 0 Å². The summed E-state index contributed by atoms with van der Waals surface area (Å²) in [4.78, 5) is 32.7. The van der Waals surface area contributed by atoms with Crippen molar-refractivity contribution in [3.05, 3.63) is 51.2 Å². The number of fused-ring (bicyclic) bond motifs is 1. The van der Waals surface area contributed by atoms with E-state index in [-0.39, 0.29) is 23.9 Å². The van der Waals surface area contributed by atoms with E-state index in [1.807, 2.05) is 4.90 Å². The molecule has 0 radical (unpaired) electrons. The molecule has 2 aromatic rings. The Labute approximate surface area is 198 Å². The molecular formula is C24H29ClN4O2S. The SMILES string of the molecule is CN(C)CCC1(c2ccc(N3CN4CC[C@@H](NC(=O)c5ccc(Cl)s5)[C@H]4C3=O)cc2)CC1. The number of halogens is 1. The fourth-order valence-electron chi connectivity index (χ4n) is 5.06. The van der Waals surface area contributed by atoms with Crippen LogP contribution in [0.3, 0.4) is 0 Å². The highest BCUT2D eigenvalue weighted by Gasteiger charge is 2.48. The second kappa shape index (κ2) is 8.45. The van der Waals surface area contributed by atoms with E-state index in [0.29, 0.717) is 21.3 Å². The first kappa shape index (κ1) is 21.9. The Morgan fingerprint density at radius 3 is 2.59 bits per heavy atom. The first-order valence-corrected chi connectivity index (χ1v) is 12.4. The summed E-state index contributed by atoms with van der Waals surface area (Å²) in [6, 6.07) is 11.6. The van der Waals surface area contributed by atoms with Gasteiger partial charge in [0.15, 0.2) is 0 Å². The molecule has 8 heteroatoms. The maximum Gasteiger partial charge on any atom is 0.261 e. The molecule has 2 atom stereocenters. The fourth-order valence-corrected chi connectivity index (χ4v) is 6.00. The lowest BCUT2D eigenvalue weighted by molar-refractivity contribution is -0.119. The maximum atomic E-state index is 13.3. The lowest BCUT2D eigenvalue weighted by Crippen LogP contribution is -2.46. The van der Waals surface area contributed by atoms with Gasteiger partial charge in [0.05, 0.1) is 21.9 Å². The number of anilines is 1. The number of benzene rings is 1. The Balaban J connectivity index is 1.26. The largest absolute Gasteiger partial charge is 0.346 e. The highest BCUT2D eigenvalue weighted by atomic mass is 35.5. The van der Waals surface area contributed by atoms with Crippen LogP contribution in [0.2, 0.25) is 4.34 Å². The van der Waals surface area contributed by atoms with Gasteiger partial charge in [-0.05, 0) is 81.6 Å². The number of nitrogens with one attached hydrogen (secondary N) is 1. The first-order valence-electron chi connectivity index (χ1n) is 11.2.